The quantitative estimate of drug-likeness (QED) is 0.113. The third-order valence-corrected chi connectivity index (χ3v) is 12.8. The van der Waals surface area contributed by atoms with Crippen molar-refractivity contribution in [3.8, 4) is 23.0 Å². The molecule has 8 rings (SSSR count). The van der Waals surface area contributed by atoms with E-state index in [9.17, 15) is 19.8 Å². The number of aromatic nitrogens is 1. The molecule has 2 amide bonds. The number of benzene rings is 4. The van der Waals surface area contributed by atoms with Crippen LogP contribution < -0.4 is 24.7 Å². The minimum absolute atomic E-state index is 0.152. The van der Waals surface area contributed by atoms with Crippen molar-refractivity contribution in [2.75, 3.05) is 26.3 Å². The zero-order valence-electron chi connectivity index (χ0n) is 41.0. The molecule has 4 N–H and O–H groups in total. The molecule has 0 saturated heterocycles. The summed E-state index contributed by atoms with van der Waals surface area (Å²) in [6.07, 6.45) is 4.89. The Balaban J connectivity index is 1.56. The summed E-state index contributed by atoms with van der Waals surface area (Å²) in [4.78, 5) is 27.3. The predicted molar refractivity (Wildman–Crippen MR) is 258 cm³/mol. The van der Waals surface area contributed by atoms with Crippen LogP contribution in [0, 0.1) is 0 Å². The van der Waals surface area contributed by atoms with Crippen LogP contribution in [0.15, 0.2) is 67.0 Å². The van der Waals surface area contributed by atoms with Crippen molar-refractivity contribution in [3.05, 3.63) is 145 Å². The number of fused-ring (bicyclic) bond motifs is 8. The molecule has 0 atom stereocenters. The van der Waals surface area contributed by atoms with Gasteiger partial charge in [-0.15, -0.1) is 0 Å². The maximum atomic E-state index is 13.6. The zero-order chi connectivity index (χ0) is 47.4. The number of ether oxygens (including phenoxy) is 2. The molecule has 1 aromatic heterocycles. The Morgan fingerprint density at radius 3 is 0.969 bits per heavy atom. The molecule has 9 nitrogen and oxygen atoms in total. The van der Waals surface area contributed by atoms with Gasteiger partial charge in [0.1, 0.15) is 54.4 Å². The fourth-order valence-corrected chi connectivity index (χ4v) is 8.82. The average Bonchev–Trinajstić information content (AvgIpc) is 3.19. The monoisotopic (exact) mass is 881 g/mol. The van der Waals surface area contributed by atoms with E-state index in [4.69, 9.17) is 9.47 Å². The van der Waals surface area contributed by atoms with E-state index in [0.717, 1.165) is 66.8 Å². The molecule has 0 fully saturated rings. The van der Waals surface area contributed by atoms with Crippen molar-refractivity contribution in [3.63, 3.8) is 0 Å². The van der Waals surface area contributed by atoms with Crippen molar-refractivity contribution in [1.82, 2.24) is 10.6 Å². The molecular formula is C56H70N3O6+. The van der Waals surface area contributed by atoms with Crippen LogP contribution in [0.3, 0.4) is 0 Å². The van der Waals surface area contributed by atoms with E-state index in [0.29, 0.717) is 48.3 Å². The number of phenols is 2. The number of hydrogen-bond acceptors (Lipinski definition) is 6. The van der Waals surface area contributed by atoms with E-state index < -0.39 is 0 Å². The lowest BCUT2D eigenvalue weighted by Gasteiger charge is -2.28. The summed E-state index contributed by atoms with van der Waals surface area (Å²) < 4.78 is 15.4. The van der Waals surface area contributed by atoms with Gasteiger partial charge in [0.2, 0.25) is 0 Å². The van der Waals surface area contributed by atoms with Gasteiger partial charge in [-0.25, -0.2) is 4.57 Å². The van der Waals surface area contributed by atoms with Crippen LogP contribution in [-0.4, -0.2) is 48.3 Å². The molecule has 0 spiro atoms. The largest absolute Gasteiger partial charge is 0.507 e. The predicted octanol–water partition coefficient (Wildman–Crippen LogP) is 9.72. The first kappa shape index (κ1) is 47.1. The van der Waals surface area contributed by atoms with Crippen LogP contribution >= 0.6 is 0 Å². The van der Waals surface area contributed by atoms with E-state index >= 15 is 0 Å². The van der Waals surface area contributed by atoms with Crippen molar-refractivity contribution >= 4 is 11.8 Å². The molecule has 3 heterocycles. The van der Waals surface area contributed by atoms with Crippen molar-refractivity contribution in [1.29, 1.82) is 0 Å². The van der Waals surface area contributed by atoms with Gasteiger partial charge >= 0.3 is 0 Å². The highest BCUT2D eigenvalue weighted by Gasteiger charge is 2.29. The third kappa shape index (κ3) is 10.5. The van der Waals surface area contributed by atoms with Gasteiger partial charge in [0.15, 0.2) is 12.4 Å². The Hall–Kier alpha value is -5.83. The second-order valence-electron chi connectivity index (χ2n) is 22.4. The van der Waals surface area contributed by atoms with Gasteiger partial charge in [0.25, 0.3) is 11.8 Å². The number of aryl methyl sites for hydroxylation is 1. The molecule has 12 bridgehead atoms. The summed E-state index contributed by atoms with van der Waals surface area (Å²) in [5.74, 6) is 1.10. The minimum atomic E-state index is -0.332. The molecular weight excluding hydrogens is 811 g/mol. The zero-order valence-corrected chi connectivity index (χ0v) is 41.0. The number of phenolic OH excluding ortho intramolecular Hbond substituents is 2. The SMILES string of the molecule is C[n+]1cc2cc(c1)C(=O)NCCOc1c3cc(C(C)(C)C)cc1Cc1cc(C(C)(C)C)cc(c1O)Cc1cc(C(C)(C)C)cc(c1OCCNC2=O)Cc1cc(C(C)(C)C)cc(c1O)C3. The third-order valence-electron chi connectivity index (χ3n) is 12.8. The summed E-state index contributed by atoms with van der Waals surface area (Å²) in [6.45, 7) is 27.0. The van der Waals surface area contributed by atoms with E-state index in [-0.39, 0.29) is 71.3 Å². The Morgan fingerprint density at radius 2 is 0.708 bits per heavy atom. The standard InChI is InChI=1S/C56H69N3O6/c1-53(2,3)43-23-33-18-37-27-45(55(7,8)9)29-39-20-35-25-44(54(4,5)6)26-36(48(35)61)21-40-30-46(56(10,11)12)28-38(19-34(24-43)47(33)60)50(40)65-17-15-58-52(63)42-22-41(31-59(13)32-42)51(62)57-14-16-64-49(37)39/h22-32H,14-21H2,1-13H3,(H3-,57,58,60,61,62,63)/p+1. The van der Waals surface area contributed by atoms with Crippen molar-refractivity contribution < 1.29 is 33.8 Å². The molecule has 3 aliphatic rings. The summed E-state index contributed by atoms with van der Waals surface area (Å²) in [5.41, 5.74) is 10.8. The van der Waals surface area contributed by atoms with Crippen molar-refractivity contribution in [2.45, 2.75) is 130 Å². The lowest BCUT2D eigenvalue weighted by atomic mass is 9.79. The number of amides is 2. The van der Waals surface area contributed by atoms with Crippen LogP contribution in [0.1, 0.15) is 171 Å². The van der Waals surface area contributed by atoms with Crippen LogP contribution in [0.25, 0.3) is 0 Å². The number of nitrogens with one attached hydrogen (secondary N) is 2. The van der Waals surface area contributed by atoms with Crippen molar-refractivity contribution in [2.24, 2.45) is 7.05 Å². The first-order chi connectivity index (χ1) is 30.3. The fourth-order valence-electron chi connectivity index (χ4n) is 8.82. The number of aromatic hydroxyl groups is 2. The second-order valence-corrected chi connectivity index (χ2v) is 22.4. The molecule has 9 heteroatoms. The fraction of sp³-hybridized carbons (Fsp3) is 0.446. The summed E-state index contributed by atoms with van der Waals surface area (Å²) in [6, 6.07) is 18.9. The molecule has 65 heavy (non-hydrogen) atoms. The van der Waals surface area contributed by atoms with Gasteiger partial charge in [-0.1, -0.05) is 132 Å². The Bertz CT molecular complexity index is 2390. The van der Waals surface area contributed by atoms with Gasteiger partial charge in [0, 0.05) is 25.7 Å². The Kier molecular flexibility index (Phi) is 12.7. The Labute approximate surface area is 386 Å². The van der Waals surface area contributed by atoms with Gasteiger partial charge < -0.3 is 30.3 Å². The second kappa shape index (κ2) is 17.5. The maximum Gasteiger partial charge on any atom is 0.257 e. The number of carbonyl (C=O) groups is 2. The number of carbonyl (C=O) groups excluding carboxylic acids is 2. The topological polar surface area (TPSA) is 121 Å². The molecule has 344 valence electrons. The lowest BCUT2D eigenvalue weighted by molar-refractivity contribution is -0.671. The van der Waals surface area contributed by atoms with E-state index in [1.807, 2.05) is 0 Å². The molecule has 0 saturated carbocycles. The molecule has 0 unspecified atom stereocenters. The van der Waals surface area contributed by atoms with Gasteiger partial charge in [-0.05, 0) is 94.5 Å². The van der Waals surface area contributed by atoms with Gasteiger partial charge in [-0.2, -0.15) is 0 Å². The van der Waals surface area contributed by atoms with Crippen LogP contribution in [0.5, 0.6) is 23.0 Å². The molecule has 4 aromatic carbocycles. The molecule has 2 aliphatic heterocycles. The minimum Gasteiger partial charge on any atom is -0.507 e. The van der Waals surface area contributed by atoms with Crippen LogP contribution in [0.2, 0.25) is 0 Å². The first-order valence-corrected chi connectivity index (χ1v) is 23.1. The van der Waals surface area contributed by atoms with Gasteiger partial charge in [0.05, 0.1) is 13.1 Å². The van der Waals surface area contributed by atoms with E-state index in [1.54, 1.807) is 30.1 Å². The number of pyridine rings is 1. The highest BCUT2D eigenvalue weighted by atomic mass is 16.5. The Morgan fingerprint density at radius 1 is 0.446 bits per heavy atom. The maximum absolute atomic E-state index is 13.6. The first-order valence-electron chi connectivity index (χ1n) is 23.1. The summed E-state index contributed by atoms with van der Waals surface area (Å²) >= 11 is 0. The molecule has 1 aliphatic carbocycles. The van der Waals surface area contributed by atoms with Gasteiger partial charge in [-0.3, -0.25) is 9.59 Å². The smallest absolute Gasteiger partial charge is 0.257 e. The summed E-state index contributed by atoms with van der Waals surface area (Å²) in [5, 5.41) is 31.1. The lowest BCUT2D eigenvalue weighted by Crippen LogP contribution is -2.36. The summed E-state index contributed by atoms with van der Waals surface area (Å²) in [7, 11) is 1.79. The molecule has 0 radical (unpaired) electrons. The highest BCUT2D eigenvalue weighted by Crippen LogP contribution is 2.44. The highest BCUT2D eigenvalue weighted by molar-refractivity contribution is 5.98. The number of rotatable bonds is 0. The van der Waals surface area contributed by atoms with Crippen LogP contribution in [-0.2, 0) is 54.4 Å². The average molecular weight is 881 g/mol. The normalized spacial score (nSPS) is 15.3. The van der Waals surface area contributed by atoms with Crippen LogP contribution in [0.4, 0.5) is 0 Å². The van der Waals surface area contributed by atoms with E-state index in [2.05, 4.69) is 142 Å². The molecule has 5 aromatic rings. The number of nitrogens with zero attached hydrogens (tertiary/aromatic N) is 1. The van der Waals surface area contributed by atoms with E-state index in [1.165, 1.54) is 0 Å². The number of hydrogen-bond donors (Lipinski definition) is 4.